The highest BCUT2D eigenvalue weighted by atomic mass is 16.5. The molecule has 0 bridgehead atoms. The van der Waals surface area contributed by atoms with Gasteiger partial charge in [-0.05, 0) is 30.5 Å². The van der Waals surface area contributed by atoms with Gasteiger partial charge in [-0.25, -0.2) is 4.99 Å². The molecule has 2 aliphatic heterocycles. The zero-order valence-electron chi connectivity index (χ0n) is 14.7. The predicted molar refractivity (Wildman–Crippen MR) is 97.2 cm³/mol. The summed E-state index contributed by atoms with van der Waals surface area (Å²) in [6, 6.07) is 9.81. The van der Waals surface area contributed by atoms with Crippen LogP contribution in [-0.2, 0) is 22.5 Å². The Morgan fingerprint density at radius 1 is 1.38 bits per heavy atom. The Morgan fingerprint density at radius 3 is 3.15 bits per heavy atom. The third-order valence-electron chi connectivity index (χ3n) is 4.73. The molecule has 0 unspecified atom stereocenters. The number of amides is 1. The average Bonchev–Trinajstić information content (AvgIpc) is 2.96. The fourth-order valence-corrected chi connectivity index (χ4v) is 3.47. The molecular formula is C20H21N3O3. The molecule has 6 nitrogen and oxygen atoms in total. The predicted octanol–water partition coefficient (Wildman–Crippen LogP) is 2.56. The van der Waals surface area contributed by atoms with Crippen LogP contribution in [0.4, 0.5) is 0 Å². The number of pyridine rings is 1. The first-order valence-electron chi connectivity index (χ1n) is 8.82. The highest BCUT2D eigenvalue weighted by molar-refractivity contribution is 5.97. The number of nitrogens with zero attached hydrogens (tertiary/aromatic N) is 2. The molecule has 0 spiro atoms. The number of aromatic nitrogens is 1. The Balaban J connectivity index is 1.45. The first-order chi connectivity index (χ1) is 12.7. The van der Waals surface area contributed by atoms with E-state index in [9.17, 15) is 4.79 Å². The molecule has 2 aliphatic rings. The van der Waals surface area contributed by atoms with E-state index in [4.69, 9.17) is 9.47 Å². The Hall–Kier alpha value is -2.89. The van der Waals surface area contributed by atoms with Gasteiger partial charge >= 0.3 is 0 Å². The zero-order valence-corrected chi connectivity index (χ0v) is 14.7. The second kappa shape index (κ2) is 7.15. The van der Waals surface area contributed by atoms with Crippen LogP contribution in [0.15, 0.2) is 41.5 Å². The first kappa shape index (κ1) is 16.6. The van der Waals surface area contributed by atoms with E-state index >= 15 is 0 Å². The number of hydrogen-bond acceptors (Lipinski definition) is 5. The summed E-state index contributed by atoms with van der Waals surface area (Å²) in [6.45, 7) is 1.25. The van der Waals surface area contributed by atoms with Gasteiger partial charge in [0, 0.05) is 11.8 Å². The van der Waals surface area contributed by atoms with E-state index in [1.165, 1.54) is 0 Å². The molecule has 1 aromatic heterocycles. The molecule has 0 saturated heterocycles. The fraction of sp³-hybridized carbons (Fsp3) is 0.350. The molecule has 1 N–H and O–H groups in total. The van der Waals surface area contributed by atoms with Gasteiger partial charge in [-0.15, -0.1) is 0 Å². The molecule has 0 fully saturated rings. The molecule has 3 heterocycles. The molecule has 134 valence electrons. The second-order valence-electron chi connectivity index (χ2n) is 6.48. The van der Waals surface area contributed by atoms with Crippen LogP contribution in [0.2, 0.25) is 0 Å². The lowest BCUT2D eigenvalue weighted by Gasteiger charge is -2.18. The first-order valence-corrected chi connectivity index (χ1v) is 8.82. The lowest BCUT2D eigenvalue weighted by atomic mass is 10.0. The minimum absolute atomic E-state index is 0.0287. The number of hydrogen-bond donors (Lipinski definition) is 1. The molecular weight excluding hydrogens is 330 g/mol. The van der Waals surface area contributed by atoms with Gasteiger partial charge in [0.2, 0.25) is 11.8 Å². The maximum Gasteiger partial charge on any atom is 0.226 e. The third kappa shape index (κ3) is 3.27. The topological polar surface area (TPSA) is 72.8 Å². The number of benzene rings is 1. The maximum absolute atomic E-state index is 12.6. The van der Waals surface area contributed by atoms with Crippen LogP contribution in [0.3, 0.4) is 0 Å². The van der Waals surface area contributed by atoms with Gasteiger partial charge in [-0.3, -0.25) is 9.78 Å². The minimum Gasteiger partial charge on any atom is -0.493 e. The molecule has 0 aliphatic carbocycles. The molecule has 26 heavy (non-hydrogen) atoms. The Morgan fingerprint density at radius 2 is 2.27 bits per heavy atom. The van der Waals surface area contributed by atoms with Crippen molar-refractivity contribution in [1.82, 2.24) is 10.3 Å². The molecule has 1 atom stereocenters. The van der Waals surface area contributed by atoms with Crippen molar-refractivity contribution in [2.24, 2.45) is 4.99 Å². The Kier molecular flexibility index (Phi) is 4.56. The summed E-state index contributed by atoms with van der Waals surface area (Å²) in [4.78, 5) is 21.3. The van der Waals surface area contributed by atoms with Gasteiger partial charge in [0.25, 0.3) is 0 Å². The van der Waals surface area contributed by atoms with Crippen molar-refractivity contribution in [2.45, 2.75) is 31.8 Å². The summed E-state index contributed by atoms with van der Waals surface area (Å²) in [5.41, 5.74) is 3.74. The van der Waals surface area contributed by atoms with Gasteiger partial charge in [-0.1, -0.05) is 18.2 Å². The molecule has 0 radical (unpaired) electrons. The van der Waals surface area contributed by atoms with Crippen molar-refractivity contribution < 1.29 is 14.3 Å². The van der Waals surface area contributed by atoms with Crippen LogP contribution in [-0.4, -0.2) is 30.5 Å². The SMILES string of the molecule is COC1=NCc2cc(CC(=O)N[C@@H]3CCCOc4ccccc43)ncc21. The zero-order chi connectivity index (χ0) is 17.9. The highest BCUT2D eigenvalue weighted by Gasteiger charge is 2.22. The second-order valence-corrected chi connectivity index (χ2v) is 6.48. The van der Waals surface area contributed by atoms with E-state index in [1.807, 2.05) is 30.3 Å². The summed E-state index contributed by atoms with van der Waals surface area (Å²) in [5.74, 6) is 1.43. The molecule has 6 heteroatoms. The van der Waals surface area contributed by atoms with Crippen LogP contribution in [0.25, 0.3) is 0 Å². The molecule has 2 aromatic rings. The van der Waals surface area contributed by atoms with E-state index in [1.54, 1.807) is 13.3 Å². The van der Waals surface area contributed by atoms with E-state index in [2.05, 4.69) is 15.3 Å². The normalized spacial score (nSPS) is 18.0. The van der Waals surface area contributed by atoms with Crippen molar-refractivity contribution in [1.29, 1.82) is 0 Å². The third-order valence-corrected chi connectivity index (χ3v) is 4.73. The van der Waals surface area contributed by atoms with E-state index in [-0.39, 0.29) is 18.4 Å². The summed E-state index contributed by atoms with van der Waals surface area (Å²) < 4.78 is 11.0. The monoisotopic (exact) mass is 351 g/mol. The highest BCUT2D eigenvalue weighted by Crippen LogP contribution is 2.31. The molecule has 0 saturated carbocycles. The van der Waals surface area contributed by atoms with Crippen LogP contribution in [0, 0.1) is 0 Å². The largest absolute Gasteiger partial charge is 0.493 e. The van der Waals surface area contributed by atoms with Gasteiger partial charge in [0.05, 0.1) is 44.0 Å². The summed E-state index contributed by atoms with van der Waals surface area (Å²) >= 11 is 0. The van der Waals surface area contributed by atoms with Crippen molar-refractivity contribution in [3.8, 4) is 5.75 Å². The summed E-state index contributed by atoms with van der Waals surface area (Å²) in [5, 5.41) is 3.14. The summed E-state index contributed by atoms with van der Waals surface area (Å²) in [7, 11) is 1.60. The minimum atomic E-state index is -0.0370. The molecule has 4 rings (SSSR count). The van der Waals surface area contributed by atoms with Crippen LogP contribution >= 0.6 is 0 Å². The van der Waals surface area contributed by atoms with E-state index in [0.717, 1.165) is 41.0 Å². The number of aliphatic imine (C=N–C) groups is 1. The lowest BCUT2D eigenvalue weighted by Crippen LogP contribution is -2.30. The van der Waals surface area contributed by atoms with Crippen molar-refractivity contribution in [3.63, 3.8) is 0 Å². The standard InChI is InChI=1S/C20H21N3O3/c1-25-20-16-12-21-14(9-13(16)11-22-20)10-19(24)23-17-6-4-8-26-18-7-3-2-5-15(17)18/h2-3,5,7,9,12,17H,4,6,8,10-11H2,1H3,(H,23,24)/t17-/m1/s1. The van der Waals surface area contributed by atoms with Gasteiger partial charge < -0.3 is 14.8 Å². The van der Waals surface area contributed by atoms with Gasteiger partial charge in [0.1, 0.15) is 5.75 Å². The number of fused-ring (bicyclic) bond motifs is 2. The van der Waals surface area contributed by atoms with Gasteiger partial charge in [-0.2, -0.15) is 0 Å². The fourth-order valence-electron chi connectivity index (χ4n) is 3.47. The molecule has 1 aromatic carbocycles. The van der Waals surface area contributed by atoms with Crippen LogP contribution < -0.4 is 10.1 Å². The van der Waals surface area contributed by atoms with Crippen molar-refractivity contribution >= 4 is 11.8 Å². The smallest absolute Gasteiger partial charge is 0.226 e. The van der Waals surface area contributed by atoms with Crippen molar-refractivity contribution in [3.05, 3.63) is 58.9 Å². The van der Waals surface area contributed by atoms with E-state index < -0.39 is 0 Å². The van der Waals surface area contributed by atoms with Crippen molar-refractivity contribution in [2.75, 3.05) is 13.7 Å². The Labute approximate surface area is 152 Å². The number of para-hydroxylation sites is 1. The van der Waals surface area contributed by atoms with Gasteiger partial charge in [0.15, 0.2) is 0 Å². The number of carbonyl (C=O) groups excluding carboxylic acids is 1. The van der Waals surface area contributed by atoms with Crippen LogP contribution in [0.1, 0.15) is 41.3 Å². The summed E-state index contributed by atoms with van der Waals surface area (Å²) in [6.07, 6.45) is 3.76. The Bertz CT molecular complexity index is 863. The van der Waals surface area contributed by atoms with E-state index in [0.29, 0.717) is 19.0 Å². The number of carbonyl (C=O) groups is 1. The molecule has 1 amide bonds. The quantitative estimate of drug-likeness (QED) is 0.922. The number of methoxy groups -OCH3 is 1. The lowest BCUT2D eigenvalue weighted by molar-refractivity contribution is -0.121. The number of rotatable bonds is 3. The average molecular weight is 351 g/mol. The maximum atomic E-state index is 12.6. The number of nitrogens with one attached hydrogen (secondary N) is 1. The number of ether oxygens (including phenoxy) is 2. The van der Waals surface area contributed by atoms with Crippen LogP contribution in [0.5, 0.6) is 5.75 Å².